The molecule has 0 aromatic heterocycles. The predicted octanol–water partition coefficient (Wildman–Crippen LogP) is 3.84. The first-order chi connectivity index (χ1) is 11.7. The molecular formula is C20H25NO3S. The number of morpholine rings is 1. The lowest BCUT2D eigenvalue weighted by Gasteiger charge is -2.44. The van der Waals surface area contributed by atoms with E-state index < -0.39 is 15.6 Å². The van der Waals surface area contributed by atoms with Crippen molar-refractivity contribution in [1.29, 1.82) is 0 Å². The summed E-state index contributed by atoms with van der Waals surface area (Å²) in [5, 5.41) is 0. The quantitative estimate of drug-likeness (QED) is 0.836. The molecule has 4 nitrogen and oxygen atoms in total. The second kappa shape index (κ2) is 6.56. The monoisotopic (exact) mass is 359 g/mol. The molecule has 0 saturated carbocycles. The van der Waals surface area contributed by atoms with Crippen molar-refractivity contribution in [2.45, 2.75) is 44.2 Å². The largest absolute Gasteiger partial charge is 0.370 e. The summed E-state index contributed by atoms with van der Waals surface area (Å²) in [6.07, 6.45) is -0.256. The molecule has 3 rings (SSSR count). The van der Waals surface area contributed by atoms with Crippen LogP contribution < -0.4 is 0 Å². The summed E-state index contributed by atoms with van der Waals surface area (Å²) in [5.41, 5.74) is 2.62. The highest BCUT2D eigenvalue weighted by molar-refractivity contribution is 7.89. The highest BCUT2D eigenvalue weighted by Crippen LogP contribution is 2.34. The van der Waals surface area contributed by atoms with E-state index >= 15 is 0 Å². The third kappa shape index (κ3) is 3.64. The summed E-state index contributed by atoms with van der Waals surface area (Å²) in [4.78, 5) is 0.329. The van der Waals surface area contributed by atoms with E-state index in [4.69, 9.17) is 4.74 Å². The van der Waals surface area contributed by atoms with Gasteiger partial charge in [0.1, 0.15) is 0 Å². The van der Waals surface area contributed by atoms with Crippen LogP contribution in [-0.2, 0) is 14.8 Å². The van der Waals surface area contributed by atoms with Crippen LogP contribution in [0.3, 0.4) is 0 Å². The van der Waals surface area contributed by atoms with Gasteiger partial charge < -0.3 is 4.74 Å². The molecule has 1 atom stereocenters. The summed E-state index contributed by atoms with van der Waals surface area (Å²) in [6, 6.07) is 15.1. The number of aryl methyl sites for hydroxylation is 2. The topological polar surface area (TPSA) is 46.6 Å². The third-order valence-electron chi connectivity index (χ3n) is 4.70. The van der Waals surface area contributed by atoms with Gasteiger partial charge in [-0.05, 0) is 45.4 Å². The molecule has 0 spiro atoms. The van der Waals surface area contributed by atoms with E-state index in [1.807, 2.05) is 64.1 Å². The van der Waals surface area contributed by atoms with Crippen LogP contribution in [0.15, 0.2) is 53.4 Å². The minimum atomic E-state index is -3.58. The number of rotatable bonds is 3. The van der Waals surface area contributed by atoms with Gasteiger partial charge in [-0.3, -0.25) is 0 Å². The standard InChI is InChI=1S/C20H25NO3S/c1-15-5-9-17(10-6-15)19-13-21(20(3,4)14-24-19)25(22,23)18-11-7-16(2)8-12-18/h5-12,19H,13-14H2,1-4H3. The maximum atomic E-state index is 13.2. The predicted molar refractivity (Wildman–Crippen MR) is 99.0 cm³/mol. The number of nitrogens with zero attached hydrogens (tertiary/aromatic N) is 1. The van der Waals surface area contributed by atoms with E-state index in [1.165, 1.54) is 5.56 Å². The molecule has 1 fully saturated rings. The zero-order valence-corrected chi connectivity index (χ0v) is 16.0. The molecular weight excluding hydrogens is 334 g/mol. The minimum absolute atomic E-state index is 0.256. The summed E-state index contributed by atoms with van der Waals surface area (Å²) in [5.74, 6) is 0. The smallest absolute Gasteiger partial charge is 0.243 e. The van der Waals surface area contributed by atoms with Crippen LogP contribution >= 0.6 is 0 Å². The zero-order valence-electron chi connectivity index (χ0n) is 15.2. The summed E-state index contributed by atoms with van der Waals surface area (Å²) >= 11 is 0. The number of benzene rings is 2. The molecule has 134 valence electrons. The molecule has 0 N–H and O–H groups in total. The molecule has 5 heteroatoms. The van der Waals surface area contributed by atoms with Crippen molar-refractivity contribution in [2.75, 3.05) is 13.2 Å². The molecule has 0 amide bonds. The Morgan fingerprint density at radius 2 is 1.48 bits per heavy atom. The SMILES string of the molecule is Cc1ccc(C2CN(S(=O)(=O)c3ccc(C)cc3)C(C)(C)CO2)cc1. The summed E-state index contributed by atoms with van der Waals surface area (Å²) < 4.78 is 34.0. The first kappa shape index (κ1) is 18.1. The average molecular weight is 359 g/mol. The number of hydrogen-bond acceptors (Lipinski definition) is 3. The van der Waals surface area contributed by atoms with Gasteiger partial charge >= 0.3 is 0 Å². The minimum Gasteiger partial charge on any atom is -0.370 e. The third-order valence-corrected chi connectivity index (χ3v) is 6.79. The molecule has 0 radical (unpaired) electrons. The lowest BCUT2D eigenvalue weighted by atomic mass is 10.0. The van der Waals surface area contributed by atoms with Crippen molar-refractivity contribution in [3.05, 3.63) is 65.2 Å². The molecule has 25 heavy (non-hydrogen) atoms. The fraction of sp³-hybridized carbons (Fsp3) is 0.400. The van der Waals surface area contributed by atoms with Crippen molar-refractivity contribution in [2.24, 2.45) is 0 Å². The summed E-state index contributed by atoms with van der Waals surface area (Å²) in [7, 11) is -3.58. The van der Waals surface area contributed by atoms with Crippen LogP contribution in [0.5, 0.6) is 0 Å². The van der Waals surface area contributed by atoms with Gasteiger partial charge in [-0.15, -0.1) is 0 Å². The van der Waals surface area contributed by atoms with Gasteiger partial charge in [0.05, 0.1) is 23.1 Å². The first-order valence-electron chi connectivity index (χ1n) is 8.48. The Bertz CT molecular complexity index is 840. The van der Waals surface area contributed by atoms with E-state index in [0.29, 0.717) is 18.0 Å². The number of sulfonamides is 1. The van der Waals surface area contributed by atoms with Crippen LogP contribution in [-0.4, -0.2) is 31.4 Å². The van der Waals surface area contributed by atoms with Gasteiger partial charge in [-0.1, -0.05) is 47.5 Å². The van der Waals surface area contributed by atoms with Crippen molar-refractivity contribution in [1.82, 2.24) is 4.31 Å². The van der Waals surface area contributed by atoms with Gasteiger partial charge in [-0.25, -0.2) is 8.42 Å². The maximum absolute atomic E-state index is 13.2. The lowest BCUT2D eigenvalue weighted by Crippen LogP contribution is -2.56. The molecule has 0 aliphatic carbocycles. The maximum Gasteiger partial charge on any atom is 0.243 e. The molecule has 2 aromatic rings. The second-order valence-electron chi connectivity index (χ2n) is 7.37. The van der Waals surface area contributed by atoms with Crippen molar-refractivity contribution in [3.63, 3.8) is 0 Å². The Morgan fingerprint density at radius 3 is 2.04 bits per heavy atom. The highest BCUT2D eigenvalue weighted by Gasteiger charge is 2.43. The first-order valence-corrected chi connectivity index (χ1v) is 9.92. The zero-order chi connectivity index (χ0) is 18.2. The lowest BCUT2D eigenvalue weighted by molar-refractivity contribution is -0.0655. The molecule has 2 aromatic carbocycles. The van der Waals surface area contributed by atoms with Gasteiger partial charge in [0.25, 0.3) is 0 Å². The van der Waals surface area contributed by atoms with Crippen LogP contribution in [0.2, 0.25) is 0 Å². The van der Waals surface area contributed by atoms with E-state index in [1.54, 1.807) is 16.4 Å². The molecule has 1 aliphatic rings. The molecule has 1 saturated heterocycles. The molecule has 1 unspecified atom stereocenters. The van der Waals surface area contributed by atoms with Gasteiger partial charge in [-0.2, -0.15) is 4.31 Å². The van der Waals surface area contributed by atoms with E-state index in [-0.39, 0.29) is 6.10 Å². The van der Waals surface area contributed by atoms with Crippen LogP contribution in [0, 0.1) is 13.8 Å². The van der Waals surface area contributed by atoms with Crippen molar-refractivity contribution >= 4 is 10.0 Å². The fourth-order valence-corrected chi connectivity index (χ4v) is 4.84. The van der Waals surface area contributed by atoms with E-state index in [2.05, 4.69) is 0 Å². The molecule has 0 bridgehead atoms. The normalized spacial score (nSPS) is 21.2. The van der Waals surface area contributed by atoms with Crippen LogP contribution in [0.25, 0.3) is 0 Å². The average Bonchev–Trinajstić information content (AvgIpc) is 2.56. The Morgan fingerprint density at radius 1 is 0.960 bits per heavy atom. The number of ether oxygens (including phenoxy) is 1. The Balaban J connectivity index is 1.94. The van der Waals surface area contributed by atoms with Crippen LogP contribution in [0.4, 0.5) is 0 Å². The molecule has 1 heterocycles. The van der Waals surface area contributed by atoms with Gasteiger partial charge in [0, 0.05) is 6.54 Å². The highest BCUT2D eigenvalue weighted by atomic mass is 32.2. The van der Waals surface area contributed by atoms with Crippen LogP contribution in [0.1, 0.15) is 36.6 Å². The summed E-state index contributed by atoms with van der Waals surface area (Å²) in [6.45, 7) is 8.46. The second-order valence-corrected chi connectivity index (χ2v) is 9.23. The van der Waals surface area contributed by atoms with Gasteiger partial charge in [0.2, 0.25) is 10.0 Å². The fourth-order valence-electron chi connectivity index (χ4n) is 3.07. The molecule has 1 aliphatic heterocycles. The van der Waals surface area contributed by atoms with Crippen molar-refractivity contribution in [3.8, 4) is 0 Å². The van der Waals surface area contributed by atoms with E-state index in [0.717, 1.165) is 11.1 Å². The Kier molecular flexibility index (Phi) is 4.75. The number of hydrogen-bond donors (Lipinski definition) is 0. The van der Waals surface area contributed by atoms with E-state index in [9.17, 15) is 8.42 Å². The van der Waals surface area contributed by atoms with Crippen molar-refractivity contribution < 1.29 is 13.2 Å². The Labute approximate surface area is 150 Å². The Hall–Kier alpha value is -1.69. The van der Waals surface area contributed by atoms with Gasteiger partial charge in [0.15, 0.2) is 0 Å².